The molecule has 5 rings (SSSR count). The van der Waals surface area contributed by atoms with Crippen molar-refractivity contribution in [3.8, 4) is 0 Å². The Kier molecular flexibility index (Phi) is 5.04. The maximum Gasteiger partial charge on any atom is 0.416 e. The number of benzene rings is 3. The molecule has 1 aromatic heterocycles. The fourth-order valence-electron chi connectivity index (χ4n) is 4.50. The molecule has 1 N–H and O–H groups in total. The highest BCUT2D eigenvalue weighted by atomic mass is 19.4. The maximum atomic E-state index is 13.6. The Bertz CT molecular complexity index is 1340. The number of halogens is 3. The van der Waals surface area contributed by atoms with Gasteiger partial charge in [0.1, 0.15) is 0 Å². The van der Waals surface area contributed by atoms with Crippen LogP contribution in [0.1, 0.15) is 29.5 Å². The van der Waals surface area contributed by atoms with Gasteiger partial charge in [-0.1, -0.05) is 48.5 Å². The van der Waals surface area contributed by atoms with Crippen LogP contribution in [0.25, 0.3) is 10.9 Å². The van der Waals surface area contributed by atoms with Crippen LogP contribution in [-0.4, -0.2) is 16.6 Å². The van der Waals surface area contributed by atoms with Crippen LogP contribution in [-0.2, 0) is 11.0 Å². The molecule has 0 aliphatic carbocycles. The van der Waals surface area contributed by atoms with E-state index in [1.54, 1.807) is 19.1 Å². The molecule has 4 aromatic rings. The summed E-state index contributed by atoms with van der Waals surface area (Å²) in [5.74, 6) is -1.37. The van der Waals surface area contributed by atoms with E-state index in [1.807, 2.05) is 48.7 Å². The van der Waals surface area contributed by atoms with Crippen LogP contribution in [0.3, 0.4) is 0 Å². The minimum absolute atomic E-state index is 0.214. The fraction of sp³-hybridized carbons (Fsp3) is 0.154. The highest BCUT2D eigenvalue weighted by Crippen LogP contribution is 2.41. The zero-order chi connectivity index (χ0) is 23.2. The van der Waals surface area contributed by atoms with Gasteiger partial charge in [-0.25, -0.2) is 5.01 Å². The number of H-pyrrole nitrogens is 1. The number of hydrazone groups is 1. The molecular weight excluding hydrogens is 427 g/mol. The highest BCUT2D eigenvalue weighted by molar-refractivity contribution is 6.16. The second kappa shape index (κ2) is 7.92. The molecule has 33 heavy (non-hydrogen) atoms. The van der Waals surface area contributed by atoms with Gasteiger partial charge in [-0.2, -0.15) is 18.3 Å². The quantitative estimate of drug-likeness (QED) is 0.389. The molecule has 0 spiro atoms. The standard InChI is InChI=1S/C26H20F3N3O/c1-16-23(25(33)32(31-16)19-7-3-2-4-8-19)24(17-11-13-18(14-12-17)26(27,28)29)21-15-30-22-10-6-5-9-20(21)22/h2-15,23-24,30H,1H3. The van der Waals surface area contributed by atoms with Crippen molar-refractivity contribution in [2.75, 3.05) is 5.01 Å². The molecule has 0 radical (unpaired) electrons. The number of para-hydroxylation sites is 2. The second-order valence-corrected chi connectivity index (χ2v) is 8.09. The van der Waals surface area contributed by atoms with Crippen molar-refractivity contribution in [2.45, 2.75) is 19.0 Å². The number of aromatic amines is 1. The minimum Gasteiger partial charge on any atom is -0.361 e. The van der Waals surface area contributed by atoms with Gasteiger partial charge < -0.3 is 4.98 Å². The summed E-state index contributed by atoms with van der Waals surface area (Å²) in [6, 6.07) is 21.8. The zero-order valence-electron chi connectivity index (χ0n) is 17.7. The van der Waals surface area contributed by atoms with Crippen LogP contribution in [0, 0.1) is 5.92 Å². The van der Waals surface area contributed by atoms with Gasteiger partial charge in [-0.3, -0.25) is 4.79 Å². The first-order valence-corrected chi connectivity index (χ1v) is 10.5. The topological polar surface area (TPSA) is 48.5 Å². The van der Waals surface area contributed by atoms with E-state index < -0.39 is 23.6 Å². The number of rotatable bonds is 4. The number of aromatic nitrogens is 1. The second-order valence-electron chi connectivity index (χ2n) is 8.09. The van der Waals surface area contributed by atoms with Crippen molar-refractivity contribution < 1.29 is 18.0 Å². The molecule has 2 atom stereocenters. The summed E-state index contributed by atoms with van der Waals surface area (Å²) in [5, 5.41) is 6.82. The summed E-state index contributed by atoms with van der Waals surface area (Å²) in [4.78, 5) is 16.8. The van der Waals surface area contributed by atoms with Gasteiger partial charge in [0.15, 0.2) is 0 Å². The van der Waals surface area contributed by atoms with Crippen molar-refractivity contribution in [2.24, 2.45) is 11.0 Å². The van der Waals surface area contributed by atoms with E-state index in [9.17, 15) is 18.0 Å². The first-order valence-electron chi connectivity index (χ1n) is 10.5. The van der Waals surface area contributed by atoms with Gasteiger partial charge in [0.2, 0.25) is 0 Å². The number of fused-ring (bicyclic) bond motifs is 1. The number of alkyl halides is 3. The molecule has 166 valence electrons. The van der Waals surface area contributed by atoms with Crippen LogP contribution in [0.5, 0.6) is 0 Å². The largest absolute Gasteiger partial charge is 0.416 e. The highest BCUT2D eigenvalue weighted by Gasteiger charge is 2.42. The van der Waals surface area contributed by atoms with Gasteiger partial charge in [0, 0.05) is 28.7 Å². The molecule has 1 aliphatic rings. The van der Waals surface area contributed by atoms with Gasteiger partial charge >= 0.3 is 6.18 Å². The third-order valence-corrected chi connectivity index (χ3v) is 6.07. The number of anilines is 1. The molecule has 1 aliphatic heterocycles. The predicted molar refractivity (Wildman–Crippen MR) is 122 cm³/mol. The molecule has 0 fully saturated rings. The lowest BCUT2D eigenvalue weighted by Crippen LogP contribution is -2.32. The summed E-state index contributed by atoms with van der Waals surface area (Å²) in [6.07, 6.45) is -2.60. The molecule has 3 aromatic carbocycles. The monoisotopic (exact) mass is 447 g/mol. The van der Waals surface area contributed by atoms with Crippen LogP contribution in [0.15, 0.2) is 90.2 Å². The number of amides is 1. The fourth-order valence-corrected chi connectivity index (χ4v) is 4.50. The lowest BCUT2D eigenvalue weighted by atomic mass is 9.78. The Morgan fingerprint density at radius 2 is 1.61 bits per heavy atom. The summed E-state index contributed by atoms with van der Waals surface area (Å²) < 4.78 is 39.5. The average Bonchev–Trinajstić information content (AvgIpc) is 3.36. The lowest BCUT2D eigenvalue weighted by Gasteiger charge is -2.24. The Labute approximate surface area is 188 Å². The number of carbonyl (C=O) groups is 1. The molecule has 4 nitrogen and oxygen atoms in total. The molecule has 7 heteroatoms. The molecule has 0 bridgehead atoms. The summed E-state index contributed by atoms with van der Waals surface area (Å²) >= 11 is 0. The van der Waals surface area contributed by atoms with Gasteiger partial charge in [-0.15, -0.1) is 0 Å². The summed E-state index contributed by atoms with van der Waals surface area (Å²) in [6.45, 7) is 1.79. The number of nitrogens with zero attached hydrogens (tertiary/aromatic N) is 2. The maximum absolute atomic E-state index is 13.6. The van der Waals surface area contributed by atoms with E-state index in [0.29, 0.717) is 17.0 Å². The number of carbonyl (C=O) groups excluding carboxylic acids is 1. The van der Waals surface area contributed by atoms with Crippen molar-refractivity contribution in [1.82, 2.24) is 4.98 Å². The first kappa shape index (κ1) is 21.0. The van der Waals surface area contributed by atoms with Crippen molar-refractivity contribution in [1.29, 1.82) is 0 Å². The van der Waals surface area contributed by atoms with E-state index in [4.69, 9.17) is 0 Å². The van der Waals surface area contributed by atoms with E-state index in [-0.39, 0.29) is 5.91 Å². The van der Waals surface area contributed by atoms with Crippen LogP contribution < -0.4 is 5.01 Å². The zero-order valence-corrected chi connectivity index (χ0v) is 17.7. The van der Waals surface area contributed by atoms with Crippen molar-refractivity contribution >= 4 is 28.2 Å². The van der Waals surface area contributed by atoms with Gasteiger partial charge in [0.05, 0.1) is 17.2 Å². The van der Waals surface area contributed by atoms with Crippen LogP contribution in [0.2, 0.25) is 0 Å². The predicted octanol–water partition coefficient (Wildman–Crippen LogP) is 6.36. The Morgan fingerprint density at radius 3 is 2.30 bits per heavy atom. The first-order chi connectivity index (χ1) is 15.8. The average molecular weight is 447 g/mol. The SMILES string of the molecule is CC1=NN(c2ccccc2)C(=O)C1C(c1ccc(C(F)(F)F)cc1)c1c[nH]c2ccccc12. The Hall–Kier alpha value is -3.87. The molecular formula is C26H20F3N3O. The summed E-state index contributed by atoms with van der Waals surface area (Å²) in [5.41, 5.74) is 2.89. The molecule has 1 amide bonds. The minimum atomic E-state index is -4.43. The number of hydrogen-bond donors (Lipinski definition) is 1. The Balaban J connectivity index is 1.63. The van der Waals surface area contributed by atoms with Crippen molar-refractivity contribution in [3.63, 3.8) is 0 Å². The van der Waals surface area contributed by atoms with E-state index in [2.05, 4.69) is 10.1 Å². The third kappa shape index (κ3) is 3.69. The van der Waals surface area contributed by atoms with E-state index in [1.165, 1.54) is 17.1 Å². The molecule has 0 saturated heterocycles. The van der Waals surface area contributed by atoms with Crippen molar-refractivity contribution in [3.05, 3.63) is 102 Å². The number of hydrogen-bond acceptors (Lipinski definition) is 2. The van der Waals surface area contributed by atoms with Gasteiger partial charge in [0.25, 0.3) is 5.91 Å². The third-order valence-electron chi connectivity index (χ3n) is 6.07. The lowest BCUT2D eigenvalue weighted by molar-refractivity contribution is -0.137. The van der Waals surface area contributed by atoms with E-state index in [0.717, 1.165) is 28.6 Å². The van der Waals surface area contributed by atoms with Gasteiger partial charge in [-0.05, 0) is 48.4 Å². The van der Waals surface area contributed by atoms with Crippen LogP contribution in [0.4, 0.5) is 18.9 Å². The normalized spacial score (nSPS) is 17.5. The Morgan fingerprint density at radius 1 is 0.939 bits per heavy atom. The summed E-state index contributed by atoms with van der Waals surface area (Å²) in [7, 11) is 0. The van der Waals surface area contributed by atoms with Crippen LogP contribution >= 0.6 is 0 Å². The molecule has 2 unspecified atom stereocenters. The van der Waals surface area contributed by atoms with E-state index >= 15 is 0 Å². The number of nitrogens with one attached hydrogen (secondary N) is 1. The smallest absolute Gasteiger partial charge is 0.361 e. The molecule has 2 heterocycles. The molecule has 0 saturated carbocycles.